The first-order chi connectivity index (χ1) is 9.13. The van der Waals surface area contributed by atoms with Crippen LogP contribution in [0.2, 0.25) is 0 Å². The highest BCUT2D eigenvalue weighted by Gasteiger charge is 2.32. The van der Waals surface area contributed by atoms with Crippen LogP contribution in [-0.4, -0.2) is 41.8 Å². The average molecular weight is 264 g/mol. The van der Waals surface area contributed by atoms with Crippen molar-refractivity contribution in [1.82, 2.24) is 15.3 Å². The van der Waals surface area contributed by atoms with Crippen LogP contribution in [-0.2, 0) is 11.3 Å². The molecular weight excluding hydrogens is 240 g/mol. The zero-order valence-corrected chi connectivity index (χ0v) is 12.1. The van der Waals surface area contributed by atoms with Gasteiger partial charge in [-0.2, -0.15) is 0 Å². The number of morpholine rings is 1. The lowest BCUT2D eigenvalue weighted by Gasteiger charge is -2.42. The Morgan fingerprint density at radius 3 is 2.74 bits per heavy atom. The molecule has 0 amide bonds. The van der Waals surface area contributed by atoms with Crippen LogP contribution < -0.4 is 10.2 Å². The van der Waals surface area contributed by atoms with Gasteiger partial charge in [-0.3, -0.25) is 0 Å². The summed E-state index contributed by atoms with van der Waals surface area (Å²) in [6.45, 7) is 10.6. The molecule has 0 radical (unpaired) electrons. The molecule has 5 nitrogen and oxygen atoms in total. The van der Waals surface area contributed by atoms with Gasteiger partial charge in [-0.05, 0) is 26.8 Å². The van der Waals surface area contributed by atoms with E-state index in [9.17, 15) is 0 Å². The van der Waals surface area contributed by atoms with Gasteiger partial charge in [0.25, 0.3) is 0 Å². The van der Waals surface area contributed by atoms with Crippen LogP contribution in [0.5, 0.6) is 0 Å². The maximum atomic E-state index is 5.52. The highest BCUT2D eigenvalue weighted by atomic mass is 16.5. The molecule has 0 unspecified atom stereocenters. The molecule has 5 heteroatoms. The third kappa shape index (κ3) is 3.64. The van der Waals surface area contributed by atoms with Gasteiger partial charge < -0.3 is 15.0 Å². The van der Waals surface area contributed by atoms with Gasteiger partial charge in [0, 0.05) is 31.0 Å². The molecule has 0 aromatic carbocycles. The molecule has 1 fully saturated rings. The van der Waals surface area contributed by atoms with Crippen LogP contribution in [0.15, 0.2) is 12.4 Å². The van der Waals surface area contributed by atoms with E-state index in [0.29, 0.717) is 0 Å². The Morgan fingerprint density at radius 1 is 1.37 bits per heavy atom. The van der Waals surface area contributed by atoms with Gasteiger partial charge in [-0.15, -0.1) is 0 Å². The fourth-order valence-electron chi connectivity index (χ4n) is 2.22. The standard InChI is InChI=1S/C14H24N4O/c1-4-5-15-8-12-9-16-13(17-10-12)18-6-7-19-11-14(18,2)3/h9-10,15H,4-8,11H2,1-3H3. The normalized spacial score (nSPS) is 18.6. The Kier molecular flexibility index (Phi) is 4.71. The molecule has 1 aliphatic heterocycles. The van der Waals surface area contributed by atoms with Crippen LogP contribution in [0, 0.1) is 0 Å². The number of hydrogen-bond acceptors (Lipinski definition) is 5. The molecule has 19 heavy (non-hydrogen) atoms. The summed E-state index contributed by atoms with van der Waals surface area (Å²) in [6, 6.07) is 0. The van der Waals surface area contributed by atoms with Crippen molar-refractivity contribution in [1.29, 1.82) is 0 Å². The molecule has 0 aliphatic carbocycles. The maximum Gasteiger partial charge on any atom is 0.225 e. The lowest BCUT2D eigenvalue weighted by atomic mass is 10.0. The molecule has 2 rings (SSSR count). The van der Waals surface area contributed by atoms with Crippen molar-refractivity contribution in [3.05, 3.63) is 18.0 Å². The number of nitrogens with zero attached hydrogens (tertiary/aromatic N) is 3. The number of nitrogens with one attached hydrogen (secondary N) is 1. The van der Waals surface area contributed by atoms with E-state index >= 15 is 0 Å². The smallest absolute Gasteiger partial charge is 0.225 e. The Hall–Kier alpha value is -1.20. The second-order valence-corrected chi connectivity index (χ2v) is 5.58. The van der Waals surface area contributed by atoms with Gasteiger partial charge in [0.2, 0.25) is 5.95 Å². The highest BCUT2D eigenvalue weighted by Crippen LogP contribution is 2.23. The fourth-order valence-corrected chi connectivity index (χ4v) is 2.22. The first-order valence-electron chi connectivity index (χ1n) is 7.00. The largest absolute Gasteiger partial charge is 0.377 e. The molecule has 1 aromatic heterocycles. The maximum absolute atomic E-state index is 5.52. The Balaban J connectivity index is 2.01. The lowest BCUT2D eigenvalue weighted by Crippen LogP contribution is -2.53. The summed E-state index contributed by atoms with van der Waals surface area (Å²) in [7, 11) is 0. The van der Waals surface area contributed by atoms with Crippen molar-refractivity contribution >= 4 is 5.95 Å². The number of hydrogen-bond donors (Lipinski definition) is 1. The quantitative estimate of drug-likeness (QED) is 0.819. The van der Waals surface area contributed by atoms with Crippen LogP contribution in [0.25, 0.3) is 0 Å². The highest BCUT2D eigenvalue weighted by molar-refractivity contribution is 5.35. The van der Waals surface area contributed by atoms with Crippen molar-refractivity contribution in [2.45, 2.75) is 39.3 Å². The van der Waals surface area contributed by atoms with Crippen LogP contribution in [0.1, 0.15) is 32.8 Å². The van der Waals surface area contributed by atoms with Crippen LogP contribution >= 0.6 is 0 Å². The van der Waals surface area contributed by atoms with E-state index in [-0.39, 0.29) is 5.54 Å². The minimum absolute atomic E-state index is 0.0414. The SMILES string of the molecule is CCCNCc1cnc(N2CCOCC2(C)C)nc1. The number of ether oxygens (including phenoxy) is 1. The van der Waals surface area contributed by atoms with Crippen molar-refractivity contribution < 1.29 is 4.74 Å². The second-order valence-electron chi connectivity index (χ2n) is 5.58. The second kappa shape index (κ2) is 6.30. The van der Waals surface area contributed by atoms with Crippen molar-refractivity contribution in [2.24, 2.45) is 0 Å². The average Bonchev–Trinajstić information content (AvgIpc) is 2.40. The molecule has 1 saturated heterocycles. The van der Waals surface area contributed by atoms with Gasteiger partial charge in [-0.1, -0.05) is 6.92 Å². The van der Waals surface area contributed by atoms with E-state index < -0.39 is 0 Å². The van der Waals surface area contributed by atoms with Gasteiger partial charge in [0.15, 0.2) is 0 Å². The van der Waals surface area contributed by atoms with E-state index in [2.05, 4.69) is 41.0 Å². The summed E-state index contributed by atoms with van der Waals surface area (Å²) in [4.78, 5) is 11.2. The third-order valence-corrected chi connectivity index (χ3v) is 3.33. The summed E-state index contributed by atoms with van der Waals surface area (Å²) in [5.74, 6) is 0.799. The molecule has 0 spiro atoms. The summed E-state index contributed by atoms with van der Waals surface area (Å²) in [5, 5.41) is 3.35. The van der Waals surface area contributed by atoms with E-state index in [0.717, 1.165) is 50.8 Å². The third-order valence-electron chi connectivity index (χ3n) is 3.33. The van der Waals surface area contributed by atoms with Gasteiger partial charge in [-0.25, -0.2) is 9.97 Å². The summed E-state index contributed by atoms with van der Waals surface area (Å²) in [6.07, 6.45) is 4.97. The molecule has 0 atom stereocenters. The molecule has 2 heterocycles. The number of aromatic nitrogens is 2. The predicted molar refractivity (Wildman–Crippen MR) is 76.3 cm³/mol. The van der Waals surface area contributed by atoms with Gasteiger partial charge in [0.05, 0.1) is 18.8 Å². The molecule has 106 valence electrons. The summed E-state index contributed by atoms with van der Waals surface area (Å²) < 4.78 is 5.52. The monoisotopic (exact) mass is 264 g/mol. The molecule has 0 saturated carbocycles. The molecule has 1 aromatic rings. The minimum atomic E-state index is -0.0414. The molecular formula is C14H24N4O. The number of anilines is 1. The van der Waals surface area contributed by atoms with Crippen LogP contribution in [0.4, 0.5) is 5.95 Å². The van der Waals surface area contributed by atoms with E-state index in [1.54, 1.807) is 0 Å². The first-order valence-corrected chi connectivity index (χ1v) is 7.00. The zero-order valence-electron chi connectivity index (χ0n) is 12.1. The predicted octanol–water partition coefficient (Wildman–Crippen LogP) is 1.59. The fraction of sp³-hybridized carbons (Fsp3) is 0.714. The van der Waals surface area contributed by atoms with Crippen molar-refractivity contribution in [3.63, 3.8) is 0 Å². The molecule has 0 bridgehead atoms. The van der Waals surface area contributed by atoms with Crippen LogP contribution in [0.3, 0.4) is 0 Å². The number of rotatable bonds is 5. The van der Waals surface area contributed by atoms with Gasteiger partial charge >= 0.3 is 0 Å². The lowest BCUT2D eigenvalue weighted by molar-refractivity contribution is 0.0634. The van der Waals surface area contributed by atoms with E-state index in [1.165, 1.54) is 0 Å². The van der Waals surface area contributed by atoms with Crippen molar-refractivity contribution in [3.8, 4) is 0 Å². The van der Waals surface area contributed by atoms with E-state index in [1.807, 2.05) is 12.4 Å². The molecule has 1 aliphatic rings. The van der Waals surface area contributed by atoms with Gasteiger partial charge in [0.1, 0.15) is 0 Å². The Morgan fingerprint density at radius 2 is 2.11 bits per heavy atom. The first kappa shape index (κ1) is 14.2. The summed E-state index contributed by atoms with van der Waals surface area (Å²) >= 11 is 0. The van der Waals surface area contributed by atoms with Crippen molar-refractivity contribution in [2.75, 3.05) is 31.2 Å². The van der Waals surface area contributed by atoms with E-state index in [4.69, 9.17) is 4.74 Å². The zero-order chi connectivity index (χ0) is 13.7. The topological polar surface area (TPSA) is 50.3 Å². The Labute approximate surface area is 115 Å². The summed E-state index contributed by atoms with van der Waals surface area (Å²) in [5.41, 5.74) is 1.09. The molecule has 1 N–H and O–H groups in total. The Bertz CT molecular complexity index is 391. The minimum Gasteiger partial charge on any atom is -0.377 e.